The fourth-order valence-electron chi connectivity index (χ4n) is 1.37. The van der Waals surface area contributed by atoms with Crippen molar-refractivity contribution in [3.05, 3.63) is 11.6 Å². The fourth-order valence-corrected chi connectivity index (χ4v) is 1.37. The molecule has 1 rings (SSSR count). The van der Waals surface area contributed by atoms with E-state index in [0.717, 1.165) is 31.3 Å². The van der Waals surface area contributed by atoms with Crippen LogP contribution in [-0.2, 0) is 9.53 Å². The van der Waals surface area contributed by atoms with Gasteiger partial charge in [0.15, 0.2) is 6.10 Å². The Morgan fingerprint density at radius 2 is 2.42 bits per heavy atom. The van der Waals surface area contributed by atoms with Gasteiger partial charge in [-0.25, -0.2) is 4.79 Å². The van der Waals surface area contributed by atoms with Gasteiger partial charge in [0.2, 0.25) is 0 Å². The summed E-state index contributed by atoms with van der Waals surface area (Å²) in [6, 6.07) is 0. The van der Waals surface area contributed by atoms with Crippen LogP contribution < -0.4 is 0 Å². The first kappa shape index (κ1) is 9.26. The van der Waals surface area contributed by atoms with Gasteiger partial charge < -0.3 is 9.84 Å². The number of aliphatic hydroxyl groups excluding tert-OH is 1. The number of allylic oxidation sites excluding steroid dienone is 1. The molecule has 0 fully saturated rings. The van der Waals surface area contributed by atoms with Crippen molar-refractivity contribution in [3.63, 3.8) is 0 Å². The summed E-state index contributed by atoms with van der Waals surface area (Å²) in [6.45, 7) is 0. The van der Waals surface area contributed by atoms with Gasteiger partial charge in [-0.1, -0.05) is 6.08 Å². The van der Waals surface area contributed by atoms with Crippen LogP contribution in [-0.4, -0.2) is 24.3 Å². The Labute approximate surface area is 72.0 Å². The van der Waals surface area contributed by atoms with Gasteiger partial charge in [0.05, 0.1) is 7.11 Å². The van der Waals surface area contributed by atoms with Crippen LogP contribution in [0.1, 0.15) is 25.7 Å². The van der Waals surface area contributed by atoms with Crippen LogP contribution in [0.3, 0.4) is 0 Å². The lowest BCUT2D eigenvalue weighted by molar-refractivity contribution is -0.148. The minimum atomic E-state index is -1.03. The number of ether oxygens (including phenoxy) is 1. The van der Waals surface area contributed by atoms with Gasteiger partial charge >= 0.3 is 5.97 Å². The van der Waals surface area contributed by atoms with E-state index in [2.05, 4.69) is 4.74 Å². The van der Waals surface area contributed by atoms with Crippen molar-refractivity contribution >= 4 is 5.97 Å². The first-order valence-corrected chi connectivity index (χ1v) is 4.20. The van der Waals surface area contributed by atoms with Crippen molar-refractivity contribution in [1.29, 1.82) is 0 Å². The number of esters is 1. The third-order valence-electron chi connectivity index (χ3n) is 2.10. The zero-order chi connectivity index (χ0) is 8.97. The van der Waals surface area contributed by atoms with Crippen molar-refractivity contribution in [2.75, 3.05) is 7.11 Å². The molecule has 0 radical (unpaired) electrons. The Hall–Kier alpha value is -0.830. The van der Waals surface area contributed by atoms with Crippen molar-refractivity contribution in [2.45, 2.75) is 31.8 Å². The van der Waals surface area contributed by atoms with Gasteiger partial charge in [-0.2, -0.15) is 0 Å². The lowest BCUT2D eigenvalue weighted by Crippen LogP contribution is -2.24. The van der Waals surface area contributed by atoms with E-state index >= 15 is 0 Å². The third kappa shape index (κ3) is 2.08. The highest BCUT2D eigenvalue weighted by molar-refractivity contribution is 5.77. The van der Waals surface area contributed by atoms with Crippen molar-refractivity contribution in [3.8, 4) is 0 Å². The molecule has 3 heteroatoms. The van der Waals surface area contributed by atoms with Gasteiger partial charge in [0.1, 0.15) is 0 Å². The maximum atomic E-state index is 10.9. The van der Waals surface area contributed by atoms with Crippen LogP contribution in [0.15, 0.2) is 11.6 Å². The molecule has 0 saturated carbocycles. The third-order valence-corrected chi connectivity index (χ3v) is 2.10. The first-order chi connectivity index (χ1) is 5.75. The Kier molecular flexibility index (Phi) is 3.29. The molecule has 1 aliphatic rings. The van der Waals surface area contributed by atoms with Crippen LogP contribution in [0, 0.1) is 0 Å². The maximum Gasteiger partial charge on any atom is 0.339 e. The fraction of sp³-hybridized carbons (Fsp3) is 0.667. The monoisotopic (exact) mass is 170 g/mol. The van der Waals surface area contributed by atoms with E-state index in [1.165, 1.54) is 7.11 Å². The molecule has 0 unspecified atom stereocenters. The molecule has 0 aromatic carbocycles. The summed E-state index contributed by atoms with van der Waals surface area (Å²) >= 11 is 0. The molecule has 12 heavy (non-hydrogen) atoms. The standard InChI is InChI=1S/C9H14O3/c1-12-9(11)8(10)7-5-3-2-4-6-7/h5,8,10H,2-4,6H2,1H3/t8-/m0/s1. The van der Waals surface area contributed by atoms with Gasteiger partial charge in [0, 0.05) is 0 Å². The predicted octanol–water partition coefficient (Wildman–Crippen LogP) is 1.02. The van der Waals surface area contributed by atoms with Crippen LogP contribution in [0.2, 0.25) is 0 Å². The Bertz CT molecular complexity index is 196. The molecule has 1 atom stereocenters. The van der Waals surface area contributed by atoms with E-state index in [-0.39, 0.29) is 0 Å². The molecule has 0 bridgehead atoms. The maximum absolute atomic E-state index is 10.9. The second kappa shape index (κ2) is 4.26. The van der Waals surface area contributed by atoms with Gasteiger partial charge in [-0.15, -0.1) is 0 Å². The van der Waals surface area contributed by atoms with Gasteiger partial charge in [-0.3, -0.25) is 0 Å². The number of hydrogen-bond donors (Lipinski definition) is 1. The quantitative estimate of drug-likeness (QED) is 0.497. The Morgan fingerprint density at radius 3 is 2.92 bits per heavy atom. The van der Waals surface area contributed by atoms with Crippen molar-refractivity contribution in [1.82, 2.24) is 0 Å². The molecular formula is C9H14O3. The van der Waals surface area contributed by atoms with E-state index in [1.54, 1.807) is 0 Å². The molecule has 0 spiro atoms. The molecule has 68 valence electrons. The van der Waals surface area contributed by atoms with E-state index in [9.17, 15) is 9.90 Å². The zero-order valence-corrected chi connectivity index (χ0v) is 7.25. The molecule has 0 aromatic heterocycles. The lowest BCUT2D eigenvalue weighted by atomic mass is 9.95. The molecule has 1 aliphatic carbocycles. The average Bonchev–Trinajstić information content (AvgIpc) is 2.17. The number of rotatable bonds is 2. The van der Waals surface area contributed by atoms with Crippen LogP contribution >= 0.6 is 0 Å². The van der Waals surface area contributed by atoms with Crippen LogP contribution in [0.25, 0.3) is 0 Å². The van der Waals surface area contributed by atoms with Gasteiger partial charge in [0.25, 0.3) is 0 Å². The Morgan fingerprint density at radius 1 is 1.67 bits per heavy atom. The Balaban J connectivity index is 2.56. The molecule has 0 aliphatic heterocycles. The van der Waals surface area contributed by atoms with E-state index in [1.807, 2.05) is 6.08 Å². The molecule has 0 saturated heterocycles. The lowest BCUT2D eigenvalue weighted by Gasteiger charge is -2.16. The molecular weight excluding hydrogens is 156 g/mol. The number of carbonyl (C=O) groups is 1. The summed E-state index contributed by atoms with van der Waals surface area (Å²) in [7, 11) is 1.29. The summed E-state index contributed by atoms with van der Waals surface area (Å²) in [5.41, 5.74) is 0.813. The van der Waals surface area contributed by atoms with Crippen molar-refractivity contribution < 1.29 is 14.6 Å². The van der Waals surface area contributed by atoms with Crippen LogP contribution in [0.5, 0.6) is 0 Å². The number of aliphatic hydroxyl groups is 1. The summed E-state index contributed by atoms with van der Waals surface area (Å²) in [4.78, 5) is 10.9. The number of methoxy groups -OCH3 is 1. The minimum absolute atomic E-state index is 0.553. The topological polar surface area (TPSA) is 46.5 Å². The van der Waals surface area contributed by atoms with Crippen LogP contribution in [0.4, 0.5) is 0 Å². The molecule has 0 heterocycles. The highest BCUT2D eigenvalue weighted by Gasteiger charge is 2.20. The van der Waals surface area contributed by atoms with E-state index in [0.29, 0.717) is 0 Å². The summed E-state index contributed by atoms with van der Waals surface area (Å²) in [6.07, 6.45) is 4.89. The number of hydrogen-bond acceptors (Lipinski definition) is 3. The molecule has 0 aromatic rings. The predicted molar refractivity (Wildman–Crippen MR) is 44.6 cm³/mol. The van der Waals surface area contributed by atoms with E-state index in [4.69, 9.17) is 0 Å². The highest BCUT2D eigenvalue weighted by Crippen LogP contribution is 2.20. The molecule has 1 N–H and O–H groups in total. The SMILES string of the molecule is COC(=O)[C@@H](O)C1=CCCCC1. The average molecular weight is 170 g/mol. The summed E-state index contributed by atoms with van der Waals surface area (Å²) in [5, 5.41) is 9.40. The second-order valence-corrected chi connectivity index (χ2v) is 2.95. The zero-order valence-electron chi connectivity index (χ0n) is 7.25. The second-order valence-electron chi connectivity index (χ2n) is 2.95. The largest absolute Gasteiger partial charge is 0.467 e. The first-order valence-electron chi connectivity index (χ1n) is 4.20. The minimum Gasteiger partial charge on any atom is -0.467 e. The molecule has 0 amide bonds. The highest BCUT2D eigenvalue weighted by atomic mass is 16.5. The summed E-state index contributed by atoms with van der Waals surface area (Å²) < 4.78 is 4.44. The smallest absolute Gasteiger partial charge is 0.339 e. The summed E-state index contributed by atoms with van der Waals surface area (Å²) in [5.74, 6) is -0.553. The normalized spacial score (nSPS) is 19.7. The van der Waals surface area contributed by atoms with E-state index < -0.39 is 12.1 Å². The number of carbonyl (C=O) groups excluding carboxylic acids is 1. The molecule has 3 nitrogen and oxygen atoms in total. The van der Waals surface area contributed by atoms with Crippen molar-refractivity contribution in [2.24, 2.45) is 0 Å². The van der Waals surface area contributed by atoms with Gasteiger partial charge in [-0.05, 0) is 31.3 Å².